The second kappa shape index (κ2) is 6.54. The summed E-state index contributed by atoms with van der Waals surface area (Å²) >= 11 is 0. The predicted octanol–water partition coefficient (Wildman–Crippen LogP) is 2.30. The summed E-state index contributed by atoms with van der Waals surface area (Å²) in [7, 11) is -3.49. The average molecular weight is 291 g/mol. The van der Waals surface area contributed by atoms with Gasteiger partial charge in [0.2, 0.25) is 10.0 Å². The van der Waals surface area contributed by atoms with Gasteiger partial charge >= 0.3 is 0 Å². The third-order valence-electron chi connectivity index (χ3n) is 2.92. The molecule has 0 aromatic heterocycles. The Morgan fingerprint density at radius 2 is 1.60 bits per heavy atom. The lowest BCUT2D eigenvalue weighted by Crippen LogP contribution is -2.25. The Morgan fingerprint density at radius 1 is 0.950 bits per heavy atom. The number of sulfonamides is 1. The molecule has 0 saturated carbocycles. The molecule has 2 rings (SSSR count). The molecule has 0 spiro atoms. The molecule has 2 aromatic rings. The lowest BCUT2D eigenvalue weighted by atomic mass is 10.1. The molecule has 0 aliphatic heterocycles. The van der Waals surface area contributed by atoms with Crippen LogP contribution in [-0.2, 0) is 16.4 Å². The van der Waals surface area contributed by atoms with Gasteiger partial charge in [0.25, 0.3) is 0 Å². The molecule has 2 aromatic carbocycles. The Bertz CT molecular complexity index is 637. The van der Waals surface area contributed by atoms with Crippen LogP contribution in [0.4, 0.5) is 0 Å². The smallest absolute Gasteiger partial charge is 0.240 e. The highest BCUT2D eigenvalue weighted by molar-refractivity contribution is 7.89. The highest BCUT2D eigenvalue weighted by Gasteiger charge is 2.12. The molecular formula is C15H17NO3S. The zero-order valence-corrected chi connectivity index (χ0v) is 11.8. The molecule has 0 unspecified atom stereocenters. The standard InChI is InChI=1S/C15H17NO3S/c17-14-8-10-15(11-9-14)20(18,19)16-12-4-7-13-5-2-1-3-6-13/h1-3,5-6,8-11,16-17H,4,7,12H2. The van der Waals surface area contributed by atoms with E-state index >= 15 is 0 Å². The maximum atomic E-state index is 12.0. The molecule has 106 valence electrons. The molecule has 0 amide bonds. The number of rotatable bonds is 6. The molecule has 0 radical (unpaired) electrons. The Balaban J connectivity index is 1.85. The van der Waals surface area contributed by atoms with Crippen molar-refractivity contribution in [3.05, 3.63) is 60.2 Å². The van der Waals surface area contributed by atoms with Gasteiger partial charge in [-0.3, -0.25) is 0 Å². The van der Waals surface area contributed by atoms with Crippen molar-refractivity contribution in [1.29, 1.82) is 0 Å². The van der Waals surface area contributed by atoms with Gasteiger partial charge in [0.15, 0.2) is 0 Å². The summed E-state index contributed by atoms with van der Waals surface area (Å²) in [4.78, 5) is 0.162. The predicted molar refractivity (Wildman–Crippen MR) is 78.1 cm³/mol. The lowest BCUT2D eigenvalue weighted by Gasteiger charge is -2.07. The monoisotopic (exact) mass is 291 g/mol. The Hall–Kier alpha value is -1.85. The van der Waals surface area contributed by atoms with Gasteiger partial charge in [0.05, 0.1) is 4.90 Å². The third kappa shape index (κ3) is 4.08. The summed E-state index contributed by atoms with van der Waals surface area (Å²) in [5, 5.41) is 9.15. The Labute approximate surface area is 119 Å². The molecule has 0 aliphatic carbocycles. The molecule has 0 bridgehead atoms. The zero-order chi connectivity index (χ0) is 14.4. The van der Waals surface area contributed by atoms with Crippen molar-refractivity contribution >= 4 is 10.0 Å². The number of nitrogens with one attached hydrogen (secondary N) is 1. The van der Waals surface area contributed by atoms with E-state index < -0.39 is 10.0 Å². The topological polar surface area (TPSA) is 66.4 Å². The zero-order valence-electron chi connectivity index (χ0n) is 11.0. The van der Waals surface area contributed by atoms with E-state index in [4.69, 9.17) is 5.11 Å². The third-order valence-corrected chi connectivity index (χ3v) is 4.40. The number of phenols is 1. The first-order chi connectivity index (χ1) is 9.58. The van der Waals surface area contributed by atoms with Crippen LogP contribution in [0.3, 0.4) is 0 Å². The molecule has 2 N–H and O–H groups in total. The molecule has 0 saturated heterocycles. The van der Waals surface area contributed by atoms with Crippen molar-refractivity contribution in [1.82, 2.24) is 4.72 Å². The van der Waals surface area contributed by atoms with Gasteiger partial charge in [-0.1, -0.05) is 30.3 Å². The van der Waals surface area contributed by atoms with Crippen LogP contribution in [-0.4, -0.2) is 20.1 Å². The van der Waals surface area contributed by atoms with Crippen LogP contribution in [0.1, 0.15) is 12.0 Å². The van der Waals surface area contributed by atoms with Gasteiger partial charge in [-0.15, -0.1) is 0 Å². The van der Waals surface area contributed by atoms with Crippen molar-refractivity contribution in [2.24, 2.45) is 0 Å². The van der Waals surface area contributed by atoms with Gasteiger partial charge in [-0.2, -0.15) is 0 Å². The maximum Gasteiger partial charge on any atom is 0.240 e. The van der Waals surface area contributed by atoms with Crippen molar-refractivity contribution in [3.63, 3.8) is 0 Å². The van der Waals surface area contributed by atoms with Crippen LogP contribution in [0.5, 0.6) is 5.75 Å². The largest absolute Gasteiger partial charge is 0.508 e. The molecule has 20 heavy (non-hydrogen) atoms. The van der Waals surface area contributed by atoms with E-state index in [-0.39, 0.29) is 10.6 Å². The minimum absolute atomic E-state index is 0.0491. The van der Waals surface area contributed by atoms with E-state index in [9.17, 15) is 8.42 Å². The van der Waals surface area contributed by atoms with Crippen LogP contribution in [0.25, 0.3) is 0 Å². The normalized spacial score (nSPS) is 11.4. The highest BCUT2D eigenvalue weighted by Crippen LogP contribution is 2.14. The summed E-state index contributed by atoms with van der Waals surface area (Å²) in [6, 6.07) is 15.4. The van der Waals surface area contributed by atoms with E-state index in [1.54, 1.807) is 0 Å². The molecule has 0 fully saturated rings. The summed E-state index contributed by atoms with van der Waals surface area (Å²) < 4.78 is 26.5. The molecule has 0 heterocycles. The maximum absolute atomic E-state index is 12.0. The van der Waals surface area contributed by atoms with Crippen molar-refractivity contribution in [2.75, 3.05) is 6.54 Å². The van der Waals surface area contributed by atoms with E-state index in [1.165, 1.54) is 29.8 Å². The van der Waals surface area contributed by atoms with Crippen molar-refractivity contribution in [2.45, 2.75) is 17.7 Å². The van der Waals surface area contributed by atoms with Crippen LogP contribution < -0.4 is 4.72 Å². The fourth-order valence-electron chi connectivity index (χ4n) is 1.85. The van der Waals surface area contributed by atoms with Crippen LogP contribution in [0.2, 0.25) is 0 Å². The first-order valence-corrected chi connectivity index (χ1v) is 7.89. The molecule has 0 aliphatic rings. The quantitative estimate of drug-likeness (QED) is 0.803. The number of benzene rings is 2. The number of hydrogen-bond donors (Lipinski definition) is 2. The Kier molecular flexibility index (Phi) is 4.76. The van der Waals surface area contributed by atoms with Gasteiger partial charge in [-0.05, 0) is 42.7 Å². The fraction of sp³-hybridized carbons (Fsp3) is 0.200. The van der Waals surface area contributed by atoms with Crippen LogP contribution in [0.15, 0.2) is 59.5 Å². The van der Waals surface area contributed by atoms with Crippen LogP contribution in [0, 0.1) is 0 Å². The van der Waals surface area contributed by atoms with E-state index in [2.05, 4.69) is 4.72 Å². The SMILES string of the molecule is O=S(=O)(NCCCc1ccccc1)c1ccc(O)cc1. The molecule has 4 nitrogen and oxygen atoms in total. The average Bonchev–Trinajstić information content (AvgIpc) is 2.45. The minimum atomic E-state index is -3.49. The first kappa shape index (κ1) is 14.6. The first-order valence-electron chi connectivity index (χ1n) is 6.40. The number of aromatic hydroxyl groups is 1. The number of aryl methyl sites for hydroxylation is 1. The molecular weight excluding hydrogens is 274 g/mol. The van der Waals surface area contributed by atoms with E-state index in [0.717, 1.165) is 12.8 Å². The van der Waals surface area contributed by atoms with Gasteiger partial charge in [-0.25, -0.2) is 13.1 Å². The summed E-state index contributed by atoms with van der Waals surface area (Å²) in [6.07, 6.45) is 1.57. The van der Waals surface area contributed by atoms with Gasteiger partial charge in [0.1, 0.15) is 5.75 Å². The van der Waals surface area contributed by atoms with Crippen molar-refractivity contribution < 1.29 is 13.5 Å². The Morgan fingerprint density at radius 3 is 2.25 bits per heavy atom. The summed E-state index contributed by atoms with van der Waals surface area (Å²) in [5.41, 5.74) is 1.19. The van der Waals surface area contributed by atoms with E-state index in [1.807, 2.05) is 30.3 Å². The van der Waals surface area contributed by atoms with E-state index in [0.29, 0.717) is 6.54 Å². The summed E-state index contributed by atoms with van der Waals surface area (Å²) in [5.74, 6) is 0.0491. The van der Waals surface area contributed by atoms with Gasteiger partial charge < -0.3 is 5.11 Å². The second-order valence-corrected chi connectivity index (χ2v) is 6.25. The number of phenolic OH excluding ortho intramolecular Hbond substituents is 1. The fourth-order valence-corrected chi connectivity index (χ4v) is 2.93. The lowest BCUT2D eigenvalue weighted by molar-refractivity contribution is 0.474. The molecule has 0 atom stereocenters. The van der Waals surface area contributed by atoms with Crippen LogP contribution >= 0.6 is 0 Å². The van der Waals surface area contributed by atoms with Gasteiger partial charge in [0, 0.05) is 6.54 Å². The number of hydrogen-bond acceptors (Lipinski definition) is 3. The minimum Gasteiger partial charge on any atom is -0.508 e. The molecule has 5 heteroatoms. The second-order valence-electron chi connectivity index (χ2n) is 4.48. The highest BCUT2D eigenvalue weighted by atomic mass is 32.2. The summed E-state index contributed by atoms with van der Waals surface area (Å²) in [6.45, 7) is 0.387. The van der Waals surface area contributed by atoms with Crippen molar-refractivity contribution in [3.8, 4) is 5.75 Å².